The number of hydrogen-bond donors (Lipinski definition) is 2. The molecule has 0 saturated carbocycles. The summed E-state index contributed by atoms with van der Waals surface area (Å²) >= 11 is 0. The van der Waals surface area contributed by atoms with E-state index < -0.39 is 5.97 Å². The van der Waals surface area contributed by atoms with Gasteiger partial charge in [-0.25, -0.2) is 9.78 Å². The lowest BCUT2D eigenvalue weighted by Gasteiger charge is -2.06. The van der Waals surface area contributed by atoms with Gasteiger partial charge < -0.3 is 19.4 Å². The number of aromatic nitrogens is 3. The van der Waals surface area contributed by atoms with Crippen LogP contribution in [0.2, 0.25) is 0 Å². The SMILES string of the molecule is COC(=O)c1c(C)[nH]c(C(=O)Nc2ccc3nc(C)cn3c2)c1C. The first-order chi connectivity index (χ1) is 11.4. The maximum atomic E-state index is 12.5. The van der Waals surface area contributed by atoms with Gasteiger partial charge in [0.2, 0.25) is 0 Å². The lowest BCUT2D eigenvalue weighted by atomic mass is 10.1. The summed E-state index contributed by atoms with van der Waals surface area (Å²) in [7, 11) is 1.32. The quantitative estimate of drug-likeness (QED) is 0.724. The summed E-state index contributed by atoms with van der Waals surface area (Å²) in [5.41, 5.74) is 4.25. The number of aromatic amines is 1. The molecule has 7 nitrogen and oxygen atoms in total. The molecule has 3 rings (SSSR count). The largest absolute Gasteiger partial charge is 0.465 e. The number of nitrogens with one attached hydrogen (secondary N) is 2. The van der Waals surface area contributed by atoms with Gasteiger partial charge in [0.1, 0.15) is 11.3 Å². The molecule has 0 aliphatic heterocycles. The van der Waals surface area contributed by atoms with Gasteiger partial charge in [-0.15, -0.1) is 0 Å². The minimum absolute atomic E-state index is 0.318. The molecule has 1 amide bonds. The predicted molar refractivity (Wildman–Crippen MR) is 89.5 cm³/mol. The van der Waals surface area contributed by atoms with Crippen molar-refractivity contribution in [1.82, 2.24) is 14.4 Å². The van der Waals surface area contributed by atoms with Crippen LogP contribution >= 0.6 is 0 Å². The van der Waals surface area contributed by atoms with Crippen LogP contribution in [-0.4, -0.2) is 33.4 Å². The van der Waals surface area contributed by atoms with Crippen molar-refractivity contribution in [2.24, 2.45) is 0 Å². The smallest absolute Gasteiger partial charge is 0.339 e. The first-order valence-electron chi connectivity index (χ1n) is 7.45. The zero-order valence-electron chi connectivity index (χ0n) is 13.9. The minimum atomic E-state index is -0.462. The highest BCUT2D eigenvalue weighted by Crippen LogP contribution is 2.20. The average molecular weight is 326 g/mol. The second kappa shape index (κ2) is 5.84. The Balaban J connectivity index is 1.90. The molecule has 7 heteroatoms. The van der Waals surface area contributed by atoms with E-state index in [1.165, 1.54) is 7.11 Å². The molecule has 0 aromatic carbocycles. The zero-order chi connectivity index (χ0) is 17.4. The number of nitrogens with zero attached hydrogens (tertiary/aromatic N) is 2. The number of carbonyl (C=O) groups is 2. The summed E-state index contributed by atoms with van der Waals surface area (Å²) in [6, 6.07) is 3.61. The molecule has 3 aromatic heterocycles. The number of imidazole rings is 1. The predicted octanol–water partition coefficient (Wildman–Crippen LogP) is 2.63. The van der Waals surface area contributed by atoms with Crippen molar-refractivity contribution < 1.29 is 14.3 Å². The third-order valence-electron chi connectivity index (χ3n) is 3.88. The van der Waals surface area contributed by atoms with Gasteiger partial charge in [0.05, 0.1) is 24.1 Å². The van der Waals surface area contributed by atoms with Crippen molar-refractivity contribution in [1.29, 1.82) is 0 Å². The van der Waals surface area contributed by atoms with Crippen LogP contribution in [0.3, 0.4) is 0 Å². The zero-order valence-corrected chi connectivity index (χ0v) is 13.9. The third kappa shape index (κ3) is 2.64. The van der Waals surface area contributed by atoms with Crippen molar-refractivity contribution in [3.8, 4) is 0 Å². The Hall–Kier alpha value is -3.09. The van der Waals surface area contributed by atoms with E-state index in [1.54, 1.807) is 26.1 Å². The fourth-order valence-corrected chi connectivity index (χ4v) is 2.77. The molecule has 0 aliphatic rings. The third-order valence-corrected chi connectivity index (χ3v) is 3.88. The summed E-state index contributed by atoms with van der Waals surface area (Å²) in [6.45, 7) is 5.36. The summed E-state index contributed by atoms with van der Waals surface area (Å²) in [4.78, 5) is 31.6. The summed E-state index contributed by atoms with van der Waals surface area (Å²) in [6.07, 6.45) is 3.67. The molecule has 0 fully saturated rings. The highest BCUT2D eigenvalue weighted by atomic mass is 16.5. The number of pyridine rings is 1. The summed E-state index contributed by atoms with van der Waals surface area (Å²) in [5.74, 6) is -0.780. The molecule has 3 aromatic rings. The van der Waals surface area contributed by atoms with Crippen molar-refractivity contribution in [2.45, 2.75) is 20.8 Å². The Kier molecular flexibility index (Phi) is 3.84. The lowest BCUT2D eigenvalue weighted by molar-refractivity contribution is 0.0599. The molecule has 0 saturated heterocycles. The highest BCUT2D eigenvalue weighted by Gasteiger charge is 2.22. The Labute approximate surface area is 138 Å². The number of methoxy groups -OCH3 is 1. The average Bonchev–Trinajstić information content (AvgIpc) is 3.05. The molecular weight excluding hydrogens is 308 g/mol. The van der Waals surface area contributed by atoms with Crippen LogP contribution in [0.25, 0.3) is 5.65 Å². The molecule has 0 bridgehead atoms. The van der Waals surface area contributed by atoms with Crippen molar-refractivity contribution >= 4 is 23.2 Å². The standard InChI is InChI=1S/C17H18N4O3/c1-9-7-21-8-12(5-6-13(21)18-9)20-16(22)15-10(2)14(11(3)19-15)17(23)24-4/h5-8,19H,1-4H3,(H,20,22). The number of aryl methyl sites for hydroxylation is 2. The van der Waals surface area contributed by atoms with Crippen LogP contribution in [0.4, 0.5) is 5.69 Å². The molecule has 0 spiro atoms. The van der Waals surface area contributed by atoms with Crippen LogP contribution in [0.1, 0.15) is 37.8 Å². The Morgan fingerprint density at radius 2 is 1.96 bits per heavy atom. The van der Waals surface area contributed by atoms with E-state index in [0.29, 0.717) is 28.2 Å². The molecule has 24 heavy (non-hydrogen) atoms. The van der Waals surface area contributed by atoms with E-state index in [1.807, 2.05) is 23.6 Å². The number of anilines is 1. The number of ether oxygens (including phenoxy) is 1. The molecule has 2 N–H and O–H groups in total. The number of H-pyrrole nitrogens is 1. The van der Waals surface area contributed by atoms with Crippen LogP contribution in [-0.2, 0) is 4.74 Å². The highest BCUT2D eigenvalue weighted by molar-refractivity contribution is 6.06. The number of amides is 1. The number of carbonyl (C=O) groups excluding carboxylic acids is 2. The fraction of sp³-hybridized carbons (Fsp3) is 0.235. The van der Waals surface area contributed by atoms with E-state index >= 15 is 0 Å². The van der Waals surface area contributed by atoms with E-state index in [0.717, 1.165) is 11.3 Å². The van der Waals surface area contributed by atoms with E-state index in [2.05, 4.69) is 15.3 Å². The number of esters is 1. The van der Waals surface area contributed by atoms with Crippen molar-refractivity contribution in [2.75, 3.05) is 12.4 Å². The second-order valence-electron chi connectivity index (χ2n) is 5.64. The Bertz CT molecular complexity index is 952. The fourth-order valence-electron chi connectivity index (χ4n) is 2.77. The van der Waals surface area contributed by atoms with Gasteiger partial charge in [-0.3, -0.25) is 4.79 Å². The van der Waals surface area contributed by atoms with Crippen LogP contribution < -0.4 is 5.32 Å². The van der Waals surface area contributed by atoms with E-state index in [-0.39, 0.29) is 5.91 Å². The van der Waals surface area contributed by atoms with Crippen LogP contribution in [0.15, 0.2) is 24.5 Å². The molecule has 0 radical (unpaired) electrons. The first kappa shape index (κ1) is 15.8. The molecular formula is C17H18N4O3. The summed E-state index contributed by atoms with van der Waals surface area (Å²) < 4.78 is 6.60. The van der Waals surface area contributed by atoms with Gasteiger partial charge in [-0.05, 0) is 38.5 Å². The number of hydrogen-bond acceptors (Lipinski definition) is 4. The topological polar surface area (TPSA) is 88.5 Å². The molecule has 0 atom stereocenters. The maximum absolute atomic E-state index is 12.5. The van der Waals surface area contributed by atoms with Gasteiger partial charge >= 0.3 is 5.97 Å². The molecule has 124 valence electrons. The molecule has 0 unspecified atom stereocenters. The van der Waals surface area contributed by atoms with Crippen LogP contribution in [0.5, 0.6) is 0 Å². The Morgan fingerprint density at radius 3 is 2.67 bits per heavy atom. The number of fused-ring (bicyclic) bond motifs is 1. The van der Waals surface area contributed by atoms with Crippen molar-refractivity contribution in [3.05, 3.63) is 52.7 Å². The normalized spacial score (nSPS) is 10.8. The summed E-state index contributed by atoms with van der Waals surface area (Å²) in [5, 5.41) is 2.83. The maximum Gasteiger partial charge on any atom is 0.339 e. The molecule has 0 aliphatic carbocycles. The first-order valence-corrected chi connectivity index (χ1v) is 7.45. The lowest BCUT2D eigenvalue weighted by Crippen LogP contribution is -2.14. The van der Waals surface area contributed by atoms with Crippen LogP contribution in [0, 0.1) is 20.8 Å². The van der Waals surface area contributed by atoms with Gasteiger partial charge in [0.15, 0.2) is 0 Å². The van der Waals surface area contributed by atoms with E-state index in [4.69, 9.17) is 4.74 Å². The van der Waals surface area contributed by atoms with Crippen molar-refractivity contribution in [3.63, 3.8) is 0 Å². The van der Waals surface area contributed by atoms with Gasteiger partial charge in [0.25, 0.3) is 5.91 Å². The molecule has 3 heterocycles. The second-order valence-corrected chi connectivity index (χ2v) is 5.64. The minimum Gasteiger partial charge on any atom is -0.465 e. The Morgan fingerprint density at radius 1 is 1.21 bits per heavy atom. The van der Waals surface area contributed by atoms with Gasteiger partial charge in [-0.1, -0.05) is 0 Å². The number of rotatable bonds is 3. The van der Waals surface area contributed by atoms with Gasteiger partial charge in [0, 0.05) is 18.1 Å². The monoisotopic (exact) mass is 326 g/mol. The van der Waals surface area contributed by atoms with Gasteiger partial charge in [-0.2, -0.15) is 0 Å². The van der Waals surface area contributed by atoms with E-state index in [9.17, 15) is 9.59 Å².